The topological polar surface area (TPSA) is 67.2 Å². The maximum atomic E-state index is 12.5. The van der Waals surface area contributed by atoms with E-state index in [2.05, 4.69) is 34.4 Å². The van der Waals surface area contributed by atoms with Crippen LogP contribution in [0.1, 0.15) is 31.2 Å². The number of nitrogens with zero attached hydrogens (tertiary/aromatic N) is 3. The van der Waals surface area contributed by atoms with Gasteiger partial charge in [0.05, 0.1) is 11.9 Å². The van der Waals surface area contributed by atoms with Crippen molar-refractivity contribution in [3.63, 3.8) is 0 Å². The molecule has 2 aromatic rings. The molecule has 1 fully saturated rings. The third kappa shape index (κ3) is 4.31. The number of aromatic nitrogens is 2. The Balaban J connectivity index is 1.49. The summed E-state index contributed by atoms with van der Waals surface area (Å²) in [5.74, 6) is 0.468. The lowest BCUT2D eigenvalue weighted by Crippen LogP contribution is -2.41. The van der Waals surface area contributed by atoms with Crippen LogP contribution in [-0.2, 0) is 11.8 Å². The Bertz CT molecular complexity index is 795. The van der Waals surface area contributed by atoms with Crippen LogP contribution in [0.15, 0.2) is 47.4 Å². The number of nitrogens with one attached hydrogen (secondary N) is 1. The van der Waals surface area contributed by atoms with Gasteiger partial charge in [-0.2, -0.15) is 5.10 Å². The van der Waals surface area contributed by atoms with Crippen LogP contribution < -0.4 is 15.8 Å². The number of anilines is 1. The molecule has 6 heteroatoms. The summed E-state index contributed by atoms with van der Waals surface area (Å²) in [7, 11) is 1.64. The number of hydrogen-bond donors (Lipinski definition) is 1. The molecule has 0 radical (unpaired) electrons. The smallest absolute Gasteiger partial charge is 0.268 e. The molecule has 0 bridgehead atoms. The van der Waals surface area contributed by atoms with Gasteiger partial charge >= 0.3 is 0 Å². The van der Waals surface area contributed by atoms with E-state index in [1.54, 1.807) is 19.3 Å². The van der Waals surface area contributed by atoms with E-state index >= 15 is 0 Å². The van der Waals surface area contributed by atoms with E-state index in [-0.39, 0.29) is 17.4 Å². The lowest BCUT2D eigenvalue weighted by atomic mass is 9.95. The molecule has 1 aromatic heterocycles. The maximum Gasteiger partial charge on any atom is 0.268 e. The molecule has 26 heavy (non-hydrogen) atoms. The molecule has 1 aliphatic rings. The zero-order valence-electron chi connectivity index (χ0n) is 15.4. The molecule has 6 nitrogen and oxygen atoms in total. The van der Waals surface area contributed by atoms with Gasteiger partial charge in [0.25, 0.3) is 5.56 Å². The van der Waals surface area contributed by atoms with Crippen LogP contribution in [-0.4, -0.2) is 35.3 Å². The quantitative estimate of drug-likeness (QED) is 0.891. The summed E-state index contributed by atoms with van der Waals surface area (Å²) in [6.45, 7) is 4.31. The third-order valence-electron chi connectivity index (χ3n) is 5.14. The van der Waals surface area contributed by atoms with Crippen molar-refractivity contribution < 1.29 is 4.79 Å². The van der Waals surface area contributed by atoms with Crippen LogP contribution in [0.4, 0.5) is 5.69 Å². The van der Waals surface area contributed by atoms with Gasteiger partial charge in [-0.15, -0.1) is 0 Å². The van der Waals surface area contributed by atoms with E-state index in [9.17, 15) is 9.59 Å². The van der Waals surface area contributed by atoms with Crippen LogP contribution >= 0.6 is 0 Å². The molecule has 1 amide bonds. The molecule has 1 aliphatic heterocycles. The van der Waals surface area contributed by atoms with Gasteiger partial charge in [0.15, 0.2) is 0 Å². The van der Waals surface area contributed by atoms with Crippen molar-refractivity contribution in [1.82, 2.24) is 15.1 Å². The second-order valence-electron chi connectivity index (χ2n) is 6.99. The SMILES string of the molecule is C[C@@H](CNC(=O)C1CCN(c2cnn(C)c(=O)c2)CC1)c1ccccc1. The van der Waals surface area contributed by atoms with Crippen molar-refractivity contribution in [3.05, 3.63) is 58.5 Å². The van der Waals surface area contributed by atoms with Crippen molar-refractivity contribution >= 4 is 11.6 Å². The average Bonchev–Trinajstić information content (AvgIpc) is 2.69. The molecule has 3 rings (SSSR count). The van der Waals surface area contributed by atoms with Crippen LogP contribution in [0.3, 0.4) is 0 Å². The average molecular weight is 354 g/mol. The van der Waals surface area contributed by atoms with Gasteiger partial charge in [-0.3, -0.25) is 9.59 Å². The number of carbonyl (C=O) groups excluding carboxylic acids is 1. The fraction of sp³-hybridized carbons (Fsp3) is 0.450. The summed E-state index contributed by atoms with van der Waals surface area (Å²) in [5.41, 5.74) is 1.96. The first-order valence-electron chi connectivity index (χ1n) is 9.15. The van der Waals surface area contributed by atoms with Crippen LogP contribution in [0.5, 0.6) is 0 Å². The maximum absolute atomic E-state index is 12.5. The Labute approximate surface area is 153 Å². The number of carbonyl (C=O) groups is 1. The van der Waals surface area contributed by atoms with E-state index in [0.29, 0.717) is 12.5 Å². The number of rotatable bonds is 5. The van der Waals surface area contributed by atoms with Crippen LogP contribution in [0.2, 0.25) is 0 Å². The Kier molecular flexibility index (Phi) is 5.71. The molecule has 1 aromatic carbocycles. The van der Waals surface area contributed by atoms with Crippen molar-refractivity contribution in [2.45, 2.75) is 25.7 Å². The molecule has 0 spiro atoms. The van der Waals surface area contributed by atoms with Gasteiger partial charge in [-0.25, -0.2) is 4.68 Å². The Morgan fingerprint density at radius 2 is 1.96 bits per heavy atom. The Morgan fingerprint density at radius 1 is 1.27 bits per heavy atom. The molecule has 0 saturated carbocycles. The normalized spacial score (nSPS) is 16.3. The summed E-state index contributed by atoms with van der Waals surface area (Å²) in [6, 6.07) is 11.8. The van der Waals surface area contributed by atoms with E-state index in [1.807, 2.05) is 18.2 Å². The molecule has 1 N–H and O–H groups in total. The van der Waals surface area contributed by atoms with Crippen LogP contribution in [0.25, 0.3) is 0 Å². The first-order chi connectivity index (χ1) is 12.5. The van der Waals surface area contributed by atoms with Crippen molar-refractivity contribution in [2.24, 2.45) is 13.0 Å². The highest BCUT2D eigenvalue weighted by molar-refractivity contribution is 5.79. The predicted octanol–water partition coefficient (Wildman–Crippen LogP) is 1.92. The van der Waals surface area contributed by atoms with E-state index in [4.69, 9.17) is 0 Å². The van der Waals surface area contributed by atoms with Crippen molar-refractivity contribution in [3.8, 4) is 0 Å². The summed E-state index contributed by atoms with van der Waals surface area (Å²) < 4.78 is 1.32. The van der Waals surface area contributed by atoms with E-state index < -0.39 is 0 Å². The molecular weight excluding hydrogens is 328 g/mol. The third-order valence-corrected chi connectivity index (χ3v) is 5.14. The molecule has 0 aliphatic carbocycles. The standard InChI is InChI=1S/C20H26N4O2/c1-15(16-6-4-3-5-7-16)13-21-20(26)17-8-10-24(11-9-17)18-12-19(25)23(2)22-14-18/h3-7,12,14-15,17H,8-11,13H2,1-2H3,(H,21,26)/t15-/m0/s1. The van der Waals surface area contributed by atoms with Gasteiger partial charge < -0.3 is 10.2 Å². The predicted molar refractivity (Wildman–Crippen MR) is 102 cm³/mol. The minimum Gasteiger partial charge on any atom is -0.370 e. The summed E-state index contributed by atoms with van der Waals surface area (Å²) >= 11 is 0. The highest BCUT2D eigenvalue weighted by Gasteiger charge is 2.25. The van der Waals surface area contributed by atoms with E-state index in [1.165, 1.54) is 10.2 Å². The first-order valence-corrected chi connectivity index (χ1v) is 9.15. The van der Waals surface area contributed by atoms with Gasteiger partial charge in [0.2, 0.25) is 5.91 Å². The van der Waals surface area contributed by atoms with E-state index in [0.717, 1.165) is 31.6 Å². The van der Waals surface area contributed by atoms with Gasteiger partial charge in [0, 0.05) is 38.7 Å². The number of amides is 1. The summed E-state index contributed by atoms with van der Waals surface area (Å²) in [4.78, 5) is 26.3. The minimum absolute atomic E-state index is 0.0359. The Morgan fingerprint density at radius 3 is 2.62 bits per heavy atom. The van der Waals surface area contributed by atoms with Gasteiger partial charge in [0.1, 0.15) is 0 Å². The molecule has 1 atom stereocenters. The minimum atomic E-state index is -0.114. The fourth-order valence-corrected chi connectivity index (χ4v) is 3.33. The second kappa shape index (κ2) is 8.17. The van der Waals surface area contributed by atoms with Crippen LogP contribution in [0, 0.1) is 5.92 Å². The zero-order valence-corrected chi connectivity index (χ0v) is 15.4. The van der Waals surface area contributed by atoms with Crippen molar-refractivity contribution in [2.75, 3.05) is 24.5 Å². The summed E-state index contributed by atoms with van der Waals surface area (Å²) in [5, 5.41) is 7.17. The number of benzene rings is 1. The Hall–Kier alpha value is -2.63. The largest absolute Gasteiger partial charge is 0.370 e. The molecule has 2 heterocycles. The molecule has 138 valence electrons. The lowest BCUT2D eigenvalue weighted by molar-refractivity contribution is -0.125. The van der Waals surface area contributed by atoms with Gasteiger partial charge in [-0.05, 0) is 24.3 Å². The number of aryl methyl sites for hydroxylation is 1. The zero-order chi connectivity index (χ0) is 18.5. The highest BCUT2D eigenvalue weighted by atomic mass is 16.2. The fourth-order valence-electron chi connectivity index (χ4n) is 3.33. The number of hydrogen-bond acceptors (Lipinski definition) is 4. The molecule has 1 saturated heterocycles. The lowest BCUT2D eigenvalue weighted by Gasteiger charge is -2.32. The molecule has 0 unspecified atom stereocenters. The second-order valence-corrected chi connectivity index (χ2v) is 6.99. The number of piperidine rings is 1. The summed E-state index contributed by atoms with van der Waals surface area (Å²) in [6.07, 6.45) is 3.30. The monoisotopic (exact) mass is 354 g/mol. The first kappa shape index (κ1) is 18.2. The van der Waals surface area contributed by atoms with Gasteiger partial charge in [-0.1, -0.05) is 37.3 Å². The molecular formula is C20H26N4O2. The highest BCUT2D eigenvalue weighted by Crippen LogP contribution is 2.22. The van der Waals surface area contributed by atoms with Crippen molar-refractivity contribution in [1.29, 1.82) is 0 Å².